The van der Waals surface area contributed by atoms with Gasteiger partial charge in [0, 0.05) is 26.2 Å². The maximum atomic E-state index is 11.6. The number of hydrogen-bond acceptors (Lipinski definition) is 4. The van der Waals surface area contributed by atoms with Gasteiger partial charge in [0.15, 0.2) is 15.8 Å². The molecule has 7 heteroatoms. The van der Waals surface area contributed by atoms with Crippen LogP contribution >= 0.6 is 0 Å². The third kappa shape index (κ3) is 6.21. The van der Waals surface area contributed by atoms with Crippen molar-refractivity contribution in [1.29, 1.82) is 0 Å². The highest BCUT2D eigenvalue weighted by molar-refractivity contribution is 7.91. The van der Waals surface area contributed by atoms with E-state index in [0.717, 1.165) is 12.5 Å². The number of benzene rings is 1. The molecular formula is C20H32N4O2S. The van der Waals surface area contributed by atoms with Crippen LogP contribution in [0.2, 0.25) is 0 Å². The Balaban J connectivity index is 1.50. The van der Waals surface area contributed by atoms with Crippen molar-refractivity contribution in [2.24, 2.45) is 10.9 Å². The molecule has 1 aromatic rings. The molecule has 0 aliphatic carbocycles. The molecule has 2 aliphatic heterocycles. The normalized spacial score (nSPS) is 24.1. The molecule has 2 heterocycles. The second-order valence-electron chi connectivity index (χ2n) is 7.95. The molecule has 0 radical (unpaired) electrons. The third-order valence-corrected chi connectivity index (χ3v) is 7.30. The Hall–Kier alpha value is -1.60. The molecule has 3 rings (SSSR count). The minimum absolute atomic E-state index is 0.0472. The van der Waals surface area contributed by atoms with Crippen LogP contribution in [0, 0.1) is 5.92 Å². The maximum absolute atomic E-state index is 11.6. The van der Waals surface area contributed by atoms with E-state index in [1.165, 1.54) is 37.1 Å². The number of rotatable bonds is 5. The second-order valence-corrected chi connectivity index (χ2v) is 10.2. The first-order valence-corrected chi connectivity index (χ1v) is 11.7. The zero-order valence-electron chi connectivity index (χ0n) is 16.4. The SMILES string of the molecule is CN=C(NCc1cccc(CN2CCC(C)CC2)c1)NC1CCS(=O)(=O)C1. The van der Waals surface area contributed by atoms with Crippen molar-refractivity contribution in [2.45, 2.75) is 45.3 Å². The molecule has 0 bridgehead atoms. The van der Waals surface area contributed by atoms with Crippen molar-refractivity contribution in [3.63, 3.8) is 0 Å². The third-order valence-electron chi connectivity index (χ3n) is 5.53. The fraction of sp³-hybridized carbons (Fsp3) is 0.650. The second kappa shape index (κ2) is 9.06. The van der Waals surface area contributed by atoms with Gasteiger partial charge in [-0.2, -0.15) is 0 Å². The van der Waals surface area contributed by atoms with Crippen molar-refractivity contribution in [1.82, 2.24) is 15.5 Å². The van der Waals surface area contributed by atoms with Crippen LogP contribution in [-0.4, -0.2) is 57.0 Å². The van der Waals surface area contributed by atoms with Crippen LogP contribution in [0.25, 0.3) is 0 Å². The maximum Gasteiger partial charge on any atom is 0.191 e. The average Bonchev–Trinajstić information content (AvgIpc) is 2.99. The lowest BCUT2D eigenvalue weighted by atomic mass is 9.98. The van der Waals surface area contributed by atoms with Gasteiger partial charge in [-0.05, 0) is 49.4 Å². The van der Waals surface area contributed by atoms with E-state index in [0.29, 0.717) is 18.9 Å². The summed E-state index contributed by atoms with van der Waals surface area (Å²) in [6, 6.07) is 8.62. The number of hydrogen-bond donors (Lipinski definition) is 2. The van der Waals surface area contributed by atoms with Crippen LogP contribution in [0.15, 0.2) is 29.3 Å². The zero-order chi connectivity index (χ0) is 19.3. The Morgan fingerprint density at radius 1 is 1.22 bits per heavy atom. The number of nitrogens with zero attached hydrogens (tertiary/aromatic N) is 2. The highest BCUT2D eigenvalue weighted by atomic mass is 32.2. The summed E-state index contributed by atoms with van der Waals surface area (Å²) in [7, 11) is -1.17. The molecule has 2 fully saturated rings. The molecule has 1 aromatic carbocycles. The Bertz CT molecular complexity index is 755. The van der Waals surface area contributed by atoms with Gasteiger partial charge >= 0.3 is 0 Å². The van der Waals surface area contributed by atoms with E-state index >= 15 is 0 Å². The minimum atomic E-state index is -2.89. The highest BCUT2D eigenvalue weighted by Gasteiger charge is 2.28. The molecule has 27 heavy (non-hydrogen) atoms. The number of sulfone groups is 1. The molecule has 1 unspecified atom stereocenters. The van der Waals surface area contributed by atoms with E-state index in [1.807, 2.05) is 0 Å². The number of guanidine groups is 1. The predicted octanol–water partition coefficient (Wildman–Crippen LogP) is 1.77. The summed E-state index contributed by atoms with van der Waals surface area (Å²) in [6.07, 6.45) is 3.23. The Morgan fingerprint density at radius 2 is 1.96 bits per heavy atom. The quantitative estimate of drug-likeness (QED) is 0.590. The number of aliphatic imine (C=N–C) groups is 1. The van der Waals surface area contributed by atoms with Gasteiger partial charge < -0.3 is 10.6 Å². The highest BCUT2D eigenvalue weighted by Crippen LogP contribution is 2.18. The first-order chi connectivity index (χ1) is 12.9. The zero-order valence-corrected chi connectivity index (χ0v) is 17.3. The standard InChI is InChI=1S/C20H32N4O2S/c1-16-6-9-24(10-7-16)14-18-5-3-4-17(12-18)13-22-20(21-2)23-19-8-11-27(25,26)15-19/h3-5,12,16,19H,6-11,13-15H2,1-2H3,(H2,21,22,23). The summed E-state index contributed by atoms with van der Waals surface area (Å²) in [5.74, 6) is 1.97. The van der Waals surface area contributed by atoms with E-state index < -0.39 is 9.84 Å². The number of nitrogens with one attached hydrogen (secondary N) is 2. The van der Waals surface area contributed by atoms with E-state index in [2.05, 4.69) is 51.7 Å². The van der Waals surface area contributed by atoms with Gasteiger partial charge in [-0.1, -0.05) is 31.2 Å². The first-order valence-electron chi connectivity index (χ1n) is 9.91. The van der Waals surface area contributed by atoms with E-state index in [9.17, 15) is 8.42 Å². The summed E-state index contributed by atoms with van der Waals surface area (Å²) >= 11 is 0. The van der Waals surface area contributed by atoms with Gasteiger partial charge in [-0.25, -0.2) is 8.42 Å². The van der Waals surface area contributed by atoms with Gasteiger partial charge in [-0.3, -0.25) is 9.89 Å². The summed E-state index contributed by atoms with van der Waals surface area (Å²) in [4.78, 5) is 6.76. The molecule has 0 amide bonds. The largest absolute Gasteiger partial charge is 0.353 e. The van der Waals surface area contributed by atoms with Crippen molar-refractivity contribution in [2.75, 3.05) is 31.6 Å². The van der Waals surface area contributed by atoms with Crippen molar-refractivity contribution in [3.05, 3.63) is 35.4 Å². The van der Waals surface area contributed by atoms with Crippen LogP contribution in [0.5, 0.6) is 0 Å². The first kappa shape index (κ1) is 20.1. The molecule has 0 aromatic heterocycles. The van der Waals surface area contributed by atoms with Crippen LogP contribution in [0.3, 0.4) is 0 Å². The Labute approximate surface area is 163 Å². The fourth-order valence-corrected chi connectivity index (χ4v) is 5.47. The predicted molar refractivity (Wildman–Crippen MR) is 111 cm³/mol. The van der Waals surface area contributed by atoms with Crippen molar-refractivity contribution < 1.29 is 8.42 Å². The molecule has 1 atom stereocenters. The van der Waals surface area contributed by atoms with E-state index in [4.69, 9.17) is 0 Å². The summed E-state index contributed by atoms with van der Waals surface area (Å²) < 4.78 is 23.2. The van der Waals surface area contributed by atoms with Gasteiger partial charge in [0.25, 0.3) is 0 Å². The Kier molecular flexibility index (Phi) is 6.76. The lowest BCUT2D eigenvalue weighted by Crippen LogP contribution is -2.43. The van der Waals surface area contributed by atoms with Crippen molar-refractivity contribution in [3.8, 4) is 0 Å². The Morgan fingerprint density at radius 3 is 2.63 bits per heavy atom. The summed E-state index contributed by atoms with van der Waals surface area (Å²) in [5.41, 5.74) is 2.55. The van der Waals surface area contributed by atoms with Crippen LogP contribution in [0.1, 0.15) is 37.3 Å². The van der Waals surface area contributed by atoms with Crippen LogP contribution in [-0.2, 0) is 22.9 Å². The van der Waals surface area contributed by atoms with E-state index in [1.54, 1.807) is 7.05 Å². The monoisotopic (exact) mass is 392 g/mol. The van der Waals surface area contributed by atoms with Gasteiger partial charge in [-0.15, -0.1) is 0 Å². The minimum Gasteiger partial charge on any atom is -0.353 e. The molecule has 0 spiro atoms. The smallest absolute Gasteiger partial charge is 0.191 e. The molecule has 150 valence electrons. The van der Waals surface area contributed by atoms with Crippen LogP contribution in [0.4, 0.5) is 0 Å². The lowest BCUT2D eigenvalue weighted by Gasteiger charge is -2.30. The van der Waals surface area contributed by atoms with E-state index in [-0.39, 0.29) is 17.5 Å². The van der Waals surface area contributed by atoms with Crippen LogP contribution < -0.4 is 10.6 Å². The number of likely N-dealkylation sites (tertiary alicyclic amines) is 1. The lowest BCUT2D eigenvalue weighted by molar-refractivity contribution is 0.185. The fourth-order valence-electron chi connectivity index (χ4n) is 3.80. The summed E-state index contributed by atoms with van der Waals surface area (Å²) in [5, 5.41) is 6.53. The van der Waals surface area contributed by atoms with Gasteiger partial charge in [0.05, 0.1) is 11.5 Å². The van der Waals surface area contributed by atoms with Gasteiger partial charge in [0.2, 0.25) is 0 Å². The molecular weight excluding hydrogens is 360 g/mol. The molecule has 6 nitrogen and oxygen atoms in total. The number of piperidine rings is 1. The van der Waals surface area contributed by atoms with Gasteiger partial charge in [0.1, 0.15) is 0 Å². The molecule has 0 saturated carbocycles. The molecule has 2 N–H and O–H groups in total. The average molecular weight is 393 g/mol. The molecule has 2 saturated heterocycles. The molecule has 2 aliphatic rings. The topological polar surface area (TPSA) is 73.8 Å². The summed E-state index contributed by atoms with van der Waals surface area (Å²) in [6.45, 7) is 6.39. The van der Waals surface area contributed by atoms with Crippen molar-refractivity contribution >= 4 is 15.8 Å².